The van der Waals surface area contributed by atoms with Crippen LogP contribution in [-0.2, 0) is 23.8 Å². The average Bonchev–Trinajstić information content (AvgIpc) is 2.34. The minimum absolute atomic E-state index is 0.462. The lowest BCUT2D eigenvalue weighted by Gasteiger charge is -2.46. The molecule has 0 amide bonds. The van der Waals surface area contributed by atoms with Gasteiger partial charge in [0.05, 0.1) is 6.42 Å². The lowest BCUT2D eigenvalue weighted by molar-refractivity contribution is -0.293. The molecule has 9 heteroatoms. The molecule has 0 rings (SSSR count). The fraction of sp³-hybridized carbons (Fsp3) is 0.800. The number of carbonyl (C=O) groups is 2. The lowest BCUT2D eigenvalue weighted by Crippen LogP contribution is -2.72. The Morgan fingerprint density at radius 3 is 1.95 bits per heavy atom. The van der Waals surface area contributed by atoms with E-state index in [4.69, 9.17) is 25.1 Å². The van der Waals surface area contributed by atoms with Gasteiger partial charge < -0.3 is 30.2 Å². The maximum Gasteiger partial charge on any atom is 0.330 e. The van der Waals surface area contributed by atoms with Crippen LogP contribution in [0.25, 0.3) is 0 Å². The van der Waals surface area contributed by atoms with Gasteiger partial charge in [-0.25, -0.2) is 4.79 Å². The third-order valence-electron chi connectivity index (χ3n) is 3.12. The predicted molar refractivity (Wildman–Crippen MR) is 69.1 cm³/mol. The topological polar surface area (TPSA) is 128 Å². The summed E-state index contributed by atoms with van der Waals surface area (Å²) in [4.78, 5) is 22.4. The molecule has 0 aliphatic heterocycles. The smallest absolute Gasteiger partial charge is 0.330 e. The zero-order chi connectivity index (χ0) is 15.3. The van der Waals surface area contributed by atoms with Gasteiger partial charge >= 0.3 is 11.9 Å². The standard InChI is InChI=1S/C10H21NO7Si/c1-16-6(5-19)10(17-2,18-3)9(11,8(14)15)4-7(12)13/h6H,4-5,11H2,1-3,19H3,(H,12,13)(H,14,15). The van der Waals surface area contributed by atoms with Crippen molar-refractivity contribution in [2.24, 2.45) is 5.73 Å². The minimum atomic E-state index is -2.27. The molecule has 8 nitrogen and oxygen atoms in total. The van der Waals surface area contributed by atoms with Gasteiger partial charge in [-0.15, -0.1) is 0 Å². The van der Waals surface area contributed by atoms with Crippen LogP contribution < -0.4 is 5.73 Å². The van der Waals surface area contributed by atoms with Crippen molar-refractivity contribution in [3.8, 4) is 0 Å². The number of aliphatic carboxylic acids is 2. The van der Waals surface area contributed by atoms with Gasteiger partial charge in [0, 0.05) is 31.6 Å². The second-order valence-electron chi connectivity index (χ2n) is 4.06. The molecular weight excluding hydrogens is 274 g/mol. The van der Waals surface area contributed by atoms with Crippen molar-refractivity contribution in [1.29, 1.82) is 0 Å². The Labute approximate surface area is 114 Å². The Morgan fingerprint density at radius 2 is 1.74 bits per heavy atom. The van der Waals surface area contributed by atoms with Crippen LogP contribution in [0.1, 0.15) is 6.42 Å². The highest BCUT2D eigenvalue weighted by Gasteiger charge is 2.61. The highest BCUT2D eigenvalue weighted by atomic mass is 28.1. The van der Waals surface area contributed by atoms with Crippen molar-refractivity contribution in [2.45, 2.75) is 29.9 Å². The van der Waals surface area contributed by atoms with Crippen molar-refractivity contribution < 1.29 is 34.0 Å². The van der Waals surface area contributed by atoms with Gasteiger partial charge in [-0.05, 0) is 6.04 Å². The molecule has 0 fully saturated rings. The number of nitrogens with two attached hydrogens (primary N) is 1. The first-order valence-electron chi connectivity index (χ1n) is 5.62. The first-order valence-corrected chi connectivity index (χ1v) is 7.04. The van der Waals surface area contributed by atoms with Crippen molar-refractivity contribution in [2.75, 3.05) is 21.3 Å². The molecule has 0 saturated heterocycles. The SMILES string of the molecule is COC(C[SiH3])C(OC)(OC)C(N)(CC(=O)O)C(=O)O. The minimum Gasteiger partial charge on any atom is -0.481 e. The normalized spacial score (nSPS) is 16.8. The highest BCUT2D eigenvalue weighted by molar-refractivity contribution is 6.09. The lowest BCUT2D eigenvalue weighted by atomic mass is 9.82. The van der Waals surface area contributed by atoms with Gasteiger partial charge in [-0.2, -0.15) is 0 Å². The van der Waals surface area contributed by atoms with Gasteiger partial charge in [-0.1, -0.05) is 0 Å². The number of hydrogen-bond donors (Lipinski definition) is 3. The Balaban J connectivity index is 5.89. The molecule has 4 N–H and O–H groups in total. The summed E-state index contributed by atoms with van der Waals surface area (Å²) in [5.41, 5.74) is 3.53. The molecule has 112 valence electrons. The summed E-state index contributed by atoms with van der Waals surface area (Å²) in [7, 11) is 4.44. The zero-order valence-corrected chi connectivity index (χ0v) is 13.5. The summed E-state index contributed by atoms with van der Waals surface area (Å²) in [5, 5.41) is 18.2. The molecule has 2 unspecified atom stereocenters. The second kappa shape index (κ2) is 6.96. The van der Waals surface area contributed by atoms with Gasteiger partial charge in [0.2, 0.25) is 5.79 Å². The van der Waals surface area contributed by atoms with Crippen LogP contribution in [0, 0.1) is 0 Å². The number of hydrogen-bond acceptors (Lipinski definition) is 6. The largest absolute Gasteiger partial charge is 0.481 e. The molecule has 0 bridgehead atoms. The summed E-state index contributed by atoms with van der Waals surface area (Å²) in [5.74, 6) is -4.78. The van der Waals surface area contributed by atoms with Crippen molar-refractivity contribution in [3.63, 3.8) is 0 Å². The molecule has 0 aromatic rings. The van der Waals surface area contributed by atoms with Crippen molar-refractivity contribution in [1.82, 2.24) is 0 Å². The predicted octanol–water partition coefficient (Wildman–Crippen LogP) is -1.97. The van der Waals surface area contributed by atoms with Gasteiger partial charge in [-0.3, -0.25) is 4.79 Å². The van der Waals surface area contributed by atoms with Crippen LogP contribution in [0.3, 0.4) is 0 Å². The van der Waals surface area contributed by atoms with Crippen LogP contribution in [0.4, 0.5) is 0 Å². The highest BCUT2D eigenvalue weighted by Crippen LogP contribution is 2.34. The average molecular weight is 295 g/mol. The van der Waals surface area contributed by atoms with Gasteiger partial charge in [0.1, 0.15) is 6.10 Å². The maximum atomic E-state index is 11.5. The first kappa shape index (κ1) is 18.0. The van der Waals surface area contributed by atoms with E-state index in [0.717, 1.165) is 0 Å². The fourth-order valence-corrected chi connectivity index (χ4v) is 3.05. The summed E-state index contributed by atoms with van der Waals surface area (Å²) in [6, 6.07) is 0.462. The molecule has 19 heavy (non-hydrogen) atoms. The van der Waals surface area contributed by atoms with Crippen LogP contribution in [0.15, 0.2) is 0 Å². The molecule has 0 heterocycles. The third kappa shape index (κ3) is 3.12. The fourth-order valence-electron chi connectivity index (χ4n) is 2.17. The van der Waals surface area contributed by atoms with Crippen LogP contribution in [0.5, 0.6) is 0 Å². The van der Waals surface area contributed by atoms with E-state index >= 15 is 0 Å². The van der Waals surface area contributed by atoms with Crippen LogP contribution >= 0.6 is 0 Å². The van der Waals surface area contributed by atoms with E-state index in [2.05, 4.69) is 0 Å². The Morgan fingerprint density at radius 1 is 1.26 bits per heavy atom. The molecule has 0 spiro atoms. The molecular formula is C10H21NO7Si. The molecule has 0 aliphatic carbocycles. The van der Waals surface area contributed by atoms with E-state index in [1.165, 1.54) is 21.3 Å². The maximum absolute atomic E-state index is 11.5. The second-order valence-corrected chi connectivity index (χ2v) is 4.87. The van der Waals surface area contributed by atoms with Crippen LogP contribution in [0.2, 0.25) is 6.04 Å². The van der Waals surface area contributed by atoms with E-state index in [1.807, 2.05) is 0 Å². The monoisotopic (exact) mass is 295 g/mol. The number of carboxylic acids is 2. The van der Waals surface area contributed by atoms with E-state index < -0.39 is 35.8 Å². The Kier molecular flexibility index (Phi) is 6.59. The van der Waals surface area contributed by atoms with E-state index in [9.17, 15) is 14.7 Å². The Hall–Kier alpha value is -1.00. The molecule has 0 aliphatic rings. The van der Waals surface area contributed by atoms with Crippen molar-refractivity contribution >= 4 is 22.2 Å². The molecule has 0 saturated carbocycles. The quantitative estimate of drug-likeness (QED) is 0.330. The van der Waals surface area contributed by atoms with E-state index in [-0.39, 0.29) is 0 Å². The zero-order valence-electron chi connectivity index (χ0n) is 11.5. The van der Waals surface area contributed by atoms with Gasteiger partial charge in [0.25, 0.3) is 0 Å². The van der Waals surface area contributed by atoms with E-state index in [0.29, 0.717) is 16.3 Å². The molecule has 2 atom stereocenters. The van der Waals surface area contributed by atoms with Crippen LogP contribution in [-0.4, -0.2) is 71.2 Å². The number of ether oxygens (including phenoxy) is 3. The summed E-state index contributed by atoms with van der Waals surface area (Å²) >= 11 is 0. The molecule has 0 radical (unpaired) electrons. The third-order valence-corrected chi connectivity index (χ3v) is 3.86. The van der Waals surface area contributed by atoms with Crippen molar-refractivity contribution in [3.05, 3.63) is 0 Å². The Bertz CT molecular complexity index is 330. The molecule has 0 aromatic heterocycles. The molecule has 0 aromatic carbocycles. The number of carboxylic acid groups (broad SMARTS) is 2. The summed E-state index contributed by atoms with van der Waals surface area (Å²) in [6.07, 6.45) is -1.64. The number of methoxy groups -OCH3 is 3. The van der Waals surface area contributed by atoms with E-state index in [1.54, 1.807) is 0 Å². The van der Waals surface area contributed by atoms with Gasteiger partial charge in [0.15, 0.2) is 5.54 Å². The summed E-state index contributed by atoms with van der Waals surface area (Å²) < 4.78 is 15.5. The number of rotatable bonds is 9. The first-order chi connectivity index (χ1) is 8.75. The summed E-state index contributed by atoms with van der Waals surface area (Å²) in [6.45, 7) is 0.